The standard InChI is InChI=1S/C42H67N11O12S/c1-6-22(4)33(43)39(62)48-26(9-7-15-46-42(44)45)34(57)49-28(18-24-11-13-25(54)14-12-24)37(60)50-29(19-32(55)56)35(58)47-23(5)40(63)53-16-8-10-31(53)38(61)51-27(17-21(2)3)36(59)52-30(20-66)41(64)65/h11-14,21-23,26-31,33,54,66H,6-10,15-20,43H2,1-5H3,(H,47,58)(H,48,62)(H,49,57)(H,50,60)(H,51,61)(H,52,59)(H,55,56)(H,64,65)(H4,44,45,46)/t22-,23-,26-,27-,28-,29-,30-,31-,33-/m0/s1. The summed E-state index contributed by atoms with van der Waals surface area (Å²) in [5.74, 6) is -9.39. The Bertz CT molecular complexity index is 1900. The average Bonchev–Trinajstić information content (AvgIpc) is 3.75. The summed E-state index contributed by atoms with van der Waals surface area (Å²) in [5, 5.41) is 44.0. The maximum Gasteiger partial charge on any atom is 0.327 e. The second-order valence-electron chi connectivity index (χ2n) is 16.7. The summed E-state index contributed by atoms with van der Waals surface area (Å²) in [4.78, 5) is 124. The quantitative estimate of drug-likeness (QED) is 0.0193. The normalized spacial score (nSPS) is 17.0. The molecule has 0 spiro atoms. The van der Waals surface area contributed by atoms with E-state index in [-0.39, 0.29) is 74.5 Å². The topological polar surface area (TPSA) is 380 Å². The molecule has 1 aliphatic rings. The SMILES string of the molecule is CC[C@H](C)[C@H](N)C(=O)N[C@@H](CCCN=C(N)N)C(=O)N[C@@H](Cc1ccc(O)cc1)C(=O)N[C@@H](CC(=O)O)C(=O)N[C@@H](C)C(=O)N1CCC[C@H]1C(=O)N[C@@H](CC(C)C)C(=O)N[C@@H](CS)C(=O)O. The van der Waals surface area contributed by atoms with Crippen LogP contribution in [0.15, 0.2) is 29.3 Å². The molecule has 1 fully saturated rings. The molecule has 0 aromatic heterocycles. The minimum atomic E-state index is -1.80. The van der Waals surface area contributed by atoms with Gasteiger partial charge in [0.05, 0.1) is 12.5 Å². The van der Waals surface area contributed by atoms with E-state index in [1.54, 1.807) is 20.8 Å². The van der Waals surface area contributed by atoms with Crippen molar-refractivity contribution >= 4 is 71.9 Å². The molecule has 0 saturated carbocycles. The number of rotatable bonds is 27. The van der Waals surface area contributed by atoms with Gasteiger partial charge >= 0.3 is 11.9 Å². The number of phenolic OH excluding ortho intramolecular Hbond substituents is 1. The molecule has 0 bridgehead atoms. The maximum absolute atomic E-state index is 14.0. The minimum absolute atomic E-state index is 0.00209. The van der Waals surface area contributed by atoms with Crippen LogP contribution >= 0.6 is 12.6 Å². The largest absolute Gasteiger partial charge is 0.508 e. The van der Waals surface area contributed by atoms with Crippen LogP contribution in [0.25, 0.3) is 0 Å². The van der Waals surface area contributed by atoms with Gasteiger partial charge in [-0.05, 0) is 68.6 Å². The van der Waals surface area contributed by atoms with Gasteiger partial charge in [-0.3, -0.25) is 43.3 Å². The Morgan fingerprint density at radius 1 is 0.788 bits per heavy atom. The van der Waals surface area contributed by atoms with Crippen LogP contribution in [0.5, 0.6) is 5.75 Å². The Hall–Kier alpha value is -6.17. The molecule has 1 aromatic carbocycles. The van der Waals surface area contributed by atoms with E-state index in [1.807, 2.05) is 6.92 Å². The molecule has 24 heteroatoms. The van der Waals surface area contributed by atoms with E-state index in [0.717, 1.165) is 0 Å². The monoisotopic (exact) mass is 949 g/mol. The number of nitrogens with zero attached hydrogens (tertiary/aromatic N) is 2. The van der Waals surface area contributed by atoms with Crippen LogP contribution < -0.4 is 49.1 Å². The van der Waals surface area contributed by atoms with Crippen LogP contribution in [0.2, 0.25) is 0 Å². The summed E-state index contributed by atoms with van der Waals surface area (Å²) in [5.41, 5.74) is 17.4. The number of carboxylic acid groups (broad SMARTS) is 2. The fourth-order valence-electron chi connectivity index (χ4n) is 6.91. The van der Waals surface area contributed by atoms with Gasteiger partial charge in [0.15, 0.2) is 5.96 Å². The first-order valence-electron chi connectivity index (χ1n) is 21.8. The number of phenols is 1. The summed E-state index contributed by atoms with van der Waals surface area (Å²) in [6.45, 7) is 8.69. The highest BCUT2D eigenvalue weighted by atomic mass is 32.1. The zero-order valence-corrected chi connectivity index (χ0v) is 38.8. The number of nitrogens with two attached hydrogens (primary N) is 3. The van der Waals surface area contributed by atoms with Gasteiger partial charge in [0.25, 0.3) is 0 Å². The number of thiol groups is 1. The van der Waals surface area contributed by atoms with Crippen molar-refractivity contribution in [3.05, 3.63) is 29.8 Å². The molecule has 0 unspecified atom stereocenters. The number of carbonyl (C=O) groups is 9. The molecule has 1 aromatic rings. The lowest BCUT2D eigenvalue weighted by Crippen LogP contribution is -2.60. The molecule has 368 valence electrons. The molecule has 0 radical (unpaired) electrons. The Kier molecular flexibility index (Phi) is 23.2. The summed E-state index contributed by atoms with van der Waals surface area (Å²) < 4.78 is 0. The van der Waals surface area contributed by atoms with Gasteiger partial charge in [0, 0.05) is 25.3 Å². The second-order valence-corrected chi connectivity index (χ2v) is 17.1. The highest BCUT2D eigenvalue weighted by Gasteiger charge is 2.39. The van der Waals surface area contributed by atoms with Crippen molar-refractivity contribution in [1.29, 1.82) is 0 Å². The van der Waals surface area contributed by atoms with Crippen molar-refractivity contribution in [1.82, 2.24) is 36.8 Å². The Labute approximate surface area is 389 Å². The predicted molar refractivity (Wildman–Crippen MR) is 244 cm³/mol. The van der Waals surface area contributed by atoms with Crippen LogP contribution in [0.1, 0.15) is 85.1 Å². The minimum Gasteiger partial charge on any atom is -0.508 e. The summed E-state index contributed by atoms with van der Waals surface area (Å²) in [6.07, 6.45) is 0.305. The molecule has 2 rings (SSSR count). The maximum atomic E-state index is 14.0. The Morgan fingerprint density at radius 2 is 1.35 bits per heavy atom. The first-order chi connectivity index (χ1) is 31.0. The average molecular weight is 950 g/mol. The predicted octanol–water partition coefficient (Wildman–Crippen LogP) is -2.18. The van der Waals surface area contributed by atoms with Crippen molar-refractivity contribution in [2.24, 2.45) is 34.0 Å². The van der Waals surface area contributed by atoms with Gasteiger partial charge in [-0.15, -0.1) is 0 Å². The van der Waals surface area contributed by atoms with E-state index in [2.05, 4.69) is 49.5 Å². The smallest absolute Gasteiger partial charge is 0.327 e. The fourth-order valence-corrected chi connectivity index (χ4v) is 7.16. The number of aromatic hydroxyl groups is 1. The third-order valence-corrected chi connectivity index (χ3v) is 11.2. The van der Waals surface area contributed by atoms with Crippen molar-refractivity contribution in [2.75, 3.05) is 18.8 Å². The van der Waals surface area contributed by atoms with Gasteiger partial charge < -0.3 is 69.3 Å². The van der Waals surface area contributed by atoms with E-state index in [4.69, 9.17) is 17.2 Å². The molecule has 1 aliphatic heterocycles. The molecule has 66 heavy (non-hydrogen) atoms. The van der Waals surface area contributed by atoms with Gasteiger partial charge in [-0.25, -0.2) is 4.79 Å². The number of aliphatic carboxylic acids is 2. The lowest BCUT2D eigenvalue weighted by Gasteiger charge is -2.30. The van der Waals surface area contributed by atoms with E-state index in [0.29, 0.717) is 18.4 Å². The van der Waals surface area contributed by atoms with Crippen molar-refractivity contribution in [3.63, 3.8) is 0 Å². The molecule has 9 atom stereocenters. The molecular formula is C42H67N11O12S. The molecule has 1 heterocycles. The van der Waals surface area contributed by atoms with Gasteiger partial charge in [0.2, 0.25) is 41.4 Å². The lowest BCUT2D eigenvalue weighted by molar-refractivity contribution is -0.144. The molecule has 0 aliphatic carbocycles. The number of hydrogen-bond acceptors (Lipinski definition) is 13. The van der Waals surface area contributed by atoms with E-state index < -0.39 is 108 Å². The molecular weight excluding hydrogens is 883 g/mol. The third-order valence-electron chi connectivity index (χ3n) is 10.9. The summed E-state index contributed by atoms with van der Waals surface area (Å²) in [6, 6.07) is -4.81. The Balaban J connectivity index is 2.34. The number of benzene rings is 1. The number of carbonyl (C=O) groups excluding carboxylic acids is 7. The van der Waals surface area contributed by atoms with Crippen LogP contribution in [0, 0.1) is 11.8 Å². The van der Waals surface area contributed by atoms with Crippen molar-refractivity contribution in [2.45, 2.75) is 134 Å². The first-order valence-corrected chi connectivity index (χ1v) is 22.4. The van der Waals surface area contributed by atoms with Crippen molar-refractivity contribution < 1.29 is 58.5 Å². The summed E-state index contributed by atoms with van der Waals surface area (Å²) in [7, 11) is 0. The van der Waals surface area contributed by atoms with Crippen LogP contribution in [-0.2, 0) is 49.6 Å². The molecule has 23 nitrogen and oxygen atoms in total. The van der Waals surface area contributed by atoms with Gasteiger partial charge in [-0.1, -0.05) is 46.2 Å². The van der Waals surface area contributed by atoms with Crippen LogP contribution in [0.4, 0.5) is 0 Å². The number of hydrogen-bond donors (Lipinski definition) is 13. The van der Waals surface area contributed by atoms with Crippen molar-refractivity contribution in [3.8, 4) is 5.75 Å². The highest BCUT2D eigenvalue weighted by molar-refractivity contribution is 7.80. The number of nitrogens with one attached hydrogen (secondary N) is 6. The zero-order chi connectivity index (χ0) is 49.8. The number of likely N-dealkylation sites (tertiary alicyclic amines) is 1. The summed E-state index contributed by atoms with van der Waals surface area (Å²) >= 11 is 3.96. The number of amides is 7. The Morgan fingerprint density at radius 3 is 1.91 bits per heavy atom. The first kappa shape index (κ1) is 56.0. The van der Waals surface area contributed by atoms with E-state index in [9.17, 15) is 58.5 Å². The number of guanidine groups is 1. The van der Waals surface area contributed by atoms with Crippen LogP contribution in [0.3, 0.4) is 0 Å². The highest BCUT2D eigenvalue weighted by Crippen LogP contribution is 2.20. The molecule has 15 N–H and O–H groups in total. The third kappa shape index (κ3) is 18.4. The van der Waals surface area contributed by atoms with E-state index in [1.165, 1.54) is 36.1 Å². The van der Waals surface area contributed by atoms with Gasteiger partial charge in [-0.2, -0.15) is 12.6 Å². The molecule has 7 amide bonds. The van der Waals surface area contributed by atoms with E-state index >= 15 is 0 Å². The van der Waals surface area contributed by atoms with Gasteiger partial charge in [0.1, 0.15) is 48.0 Å². The fraction of sp³-hybridized carbons (Fsp3) is 0.619. The number of carboxylic acids is 2. The lowest BCUT2D eigenvalue weighted by atomic mass is 9.98. The zero-order valence-electron chi connectivity index (χ0n) is 38.0. The number of aliphatic imine (C=N–C) groups is 1. The molecule has 1 saturated heterocycles. The second kappa shape index (κ2) is 27.3. The van der Waals surface area contributed by atoms with Crippen LogP contribution in [-0.4, -0.2) is 147 Å².